The summed E-state index contributed by atoms with van der Waals surface area (Å²) in [6, 6.07) is 9.73. The van der Waals surface area contributed by atoms with Gasteiger partial charge in [-0.05, 0) is 23.6 Å². The summed E-state index contributed by atoms with van der Waals surface area (Å²) < 4.78 is 0. The van der Waals surface area contributed by atoms with E-state index in [1.165, 1.54) is 5.56 Å². The molecule has 0 fully saturated rings. The molecule has 1 aliphatic rings. The van der Waals surface area contributed by atoms with Crippen LogP contribution < -0.4 is 5.73 Å². The number of aliphatic hydroxyl groups is 1. The van der Waals surface area contributed by atoms with Crippen molar-refractivity contribution >= 4 is 5.82 Å². The molecule has 1 atom stereocenters. The summed E-state index contributed by atoms with van der Waals surface area (Å²) in [4.78, 5) is 10.7. The van der Waals surface area contributed by atoms with E-state index >= 15 is 0 Å². The lowest BCUT2D eigenvalue weighted by atomic mass is 10.0. The molecule has 0 radical (unpaired) electrons. The quantitative estimate of drug-likeness (QED) is 0.865. The number of nitrogens with zero attached hydrogens (tertiary/aromatic N) is 3. The van der Waals surface area contributed by atoms with Gasteiger partial charge in [0.2, 0.25) is 0 Å². The highest BCUT2D eigenvalue weighted by atomic mass is 16.3. The monoisotopic (exact) mass is 270 g/mol. The number of anilines is 1. The Hall–Kier alpha value is -1.98. The first-order valence-corrected chi connectivity index (χ1v) is 6.78. The van der Waals surface area contributed by atoms with E-state index in [1.54, 1.807) is 12.3 Å². The fraction of sp³-hybridized carbons (Fsp3) is 0.333. The van der Waals surface area contributed by atoms with Crippen molar-refractivity contribution < 1.29 is 5.11 Å². The Kier molecular flexibility index (Phi) is 3.62. The molecule has 1 aromatic heterocycles. The Morgan fingerprint density at radius 1 is 1.30 bits per heavy atom. The minimum absolute atomic E-state index is 0.391. The summed E-state index contributed by atoms with van der Waals surface area (Å²) in [7, 11) is 0. The van der Waals surface area contributed by atoms with Gasteiger partial charge in [-0.3, -0.25) is 4.90 Å². The third-order valence-electron chi connectivity index (χ3n) is 3.62. The van der Waals surface area contributed by atoms with Crippen LogP contribution in [0.25, 0.3) is 0 Å². The summed E-state index contributed by atoms with van der Waals surface area (Å²) in [6.45, 7) is 2.26. The van der Waals surface area contributed by atoms with Gasteiger partial charge in [-0.2, -0.15) is 0 Å². The second kappa shape index (κ2) is 5.56. The van der Waals surface area contributed by atoms with Crippen molar-refractivity contribution in [3.8, 4) is 0 Å². The van der Waals surface area contributed by atoms with Gasteiger partial charge in [0.05, 0.1) is 12.6 Å². The van der Waals surface area contributed by atoms with Gasteiger partial charge in [0.15, 0.2) is 0 Å². The Balaban J connectivity index is 1.79. The first kappa shape index (κ1) is 13.0. The van der Waals surface area contributed by atoms with Crippen LogP contribution in [-0.4, -0.2) is 26.5 Å². The Bertz CT molecular complexity index is 602. The average molecular weight is 270 g/mol. The highest BCUT2D eigenvalue weighted by Crippen LogP contribution is 2.26. The van der Waals surface area contributed by atoms with E-state index in [2.05, 4.69) is 20.9 Å². The lowest BCUT2D eigenvalue weighted by Gasteiger charge is -2.19. The lowest BCUT2D eigenvalue weighted by Crippen LogP contribution is -2.24. The smallest absolute Gasteiger partial charge is 0.144 e. The SMILES string of the molecule is Nc1ccnc(CN2CCC(O)c3ccccc3C2)n1. The normalized spacial score (nSPS) is 19.4. The number of nitrogen functional groups attached to an aromatic ring is 1. The topological polar surface area (TPSA) is 75.3 Å². The minimum Gasteiger partial charge on any atom is -0.388 e. The van der Waals surface area contributed by atoms with E-state index in [4.69, 9.17) is 5.73 Å². The van der Waals surface area contributed by atoms with Crippen LogP contribution in [0.4, 0.5) is 5.82 Å². The fourth-order valence-electron chi connectivity index (χ4n) is 2.61. The average Bonchev–Trinajstić information content (AvgIpc) is 2.59. The van der Waals surface area contributed by atoms with Crippen LogP contribution in [0.5, 0.6) is 0 Å². The highest BCUT2D eigenvalue weighted by molar-refractivity contribution is 5.30. The number of benzene rings is 1. The van der Waals surface area contributed by atoms with Crippen molar-refractivity contribution in [3.05, 3.63) is 53.5 Å². The Labute approximate surface area is 118 Å². The molecule has 0 spiro atoms. The van der Waals surface area contributed by atoms with Crippen LogP contribution in [0.2, 0.25) is 0 Å². The molecule has 3 N–H and O–H groups in total. The number of aliphatic hydroxyl groups excluding tert-OH is 1. The molecule has 0 saturated carbocycles. The predicted octanol–water partition coefficient (Wildman–Crippen LogP) is 1.50. The maximum Gasteiger partial charge on any atom is 0.144 e. The summed E-state index contributed by atoms with van der Waals surface area (Å²) in [5.41, 5.74) is 7.88. The van der Waals surface area contributed by atoms with E-state index in [1.807, 2.05) is 18.2 Å². The van der Waals surface area contributed by atoms with Gasteiger partial charge < -0.3 is 10.8 Å². The lowest BCUT2D eigenvalue weighted by molar-refractivity contribution is 0.149. The van der Waals surface area contributed by atoms with Crippen molar-refractivity contribution in [1.29, 1.82) is 0 Å². The Morgan fingerprint density at radius 3 is 3.00 bits per heavy atom. The molecule has 1 aliphatic heterocycles. The molecule has 5 heteroatoms. The van der Waals surface area contributed by atoms with E-state index in [0.29, 0.717) is 12.4 Å². The third kappa shape index (κ3) is 2.79. The summed E-state index contributed by atoms with van der Waals surface area (Å²) in [5.74, 6) is 1.21. The van der Waals surface area contributed by atoms with E-state index in [0.717, 1.165) is 30.9 Å². The van der Waals surface area contributed by atoms with E-state index in [-0.39, 0.29) is 0 Å². The van der Waals surface area contributed by atoms with Crippen LogP contribution in [-0.2, 0) is 13.1 Å². The van der Waals surface area contributed by atoms with Gasteiger partial charge in [-0.15, -0.1) is 0 Å². The maximum atomic E-state index is 10.2. The molecule has 3 rings (SSSR count). The number of aromatic nitrogens is 2. The summed E-state index contributed by atoms with van der Waals surface area (Å²) in [6.07, 6.45) is 2.01. The van der Waals surface area contributed by atoms with Crippen molar-refractivity contribution in [3.63, 3.8) is 0 Å². The van der Waals surface area contributed by atoms with Crippen molar-refractivity contribution in [2.45, 2.75) is 25.6 Å². The number of rotatable bonds is 2. The third-order valence-corrected chi connectivity index (χ3v) is 3.62. The fourth-order valence-corrected chi connectivity index (χ4v) is 2.61. The van der Waals surface area contributed by atoms with Crippen LogP contribution in [0.3, 0.4) is 0 Å². The molecule has 5 nitrogen and oxygen atoms in total. The van der Waals surface area contributed by atoms with Crippen LogP contribution in [0.15, 0.2) is 36.5 Å². The van der Waals surface area contributed by atoms with Crippen LogP contribution in [0.1, 0.15) is 29.5 Å². The highest BCUT2D eigenvalue weighted by Gasteiger charge is 2.20. The second-order valence-electron chi connectivity index (χ2n) is 5.11. The molecule has 0 bridgehead atoms. The van der Waals surface area contributed by atoms with Gasteiger partial charge in [-0.1, -0.05) is 24.3 Å². The van der Waals surface area contributed by atoms with E-state index < -0.39 is 6.10 Å². The number of hydrogen-bond acceptors (Lipinski definition) is 5. The van der Waals surface area contributed by atoms with E-state index in [9.17, 15) is 5.11 Å². The van der Waals surface area contributed by atoms with Gasteiger partial charge >= 0.3 is 0 Å². The second-order valence-corrected chi connectivity index (χ2v) is 5.11. The zero-order valence-electron chi connectivity index (χ0n) is 11.2. The van der Waals surface area contributed by atoms with Gasteiger partial charge in [-0.25, -0.2) is 9.97 Å². The number of fused-ring (bicyclic) bond motifs is 1. The van der Waals surface area contributed by atoms with Gasteiger partial charge in [0, 0.05) is 19.3 Å². The van der Waals surface area contributed by atoms with Crippen molar-refractivity contribution in [2.24, 2.45) is 0 Å². The first-order chi connectivity index (χ1) is 9.72. The molecule has 104 valence electrons. The molecule has 20 heavy (non-hydrogen) atoms. The Morgan fingerprint density at radius 2 is 2.15 bits per heavy atom. The maximum absolute atomic E-state index is 10.2. The molecule has 2 aromatic rings. The standard InChI is InChI=1S/C15H18N4O/c16-14-5-7-17-15(18-14)10-19-8-6-13(20)12-4-2-1-3-11(12)9-19/h1-5,7,13,20H,6,8-10H2,(H2,16,17,18). The van der Waals surface area contributed by atoms with Gasteiger partial charge in [0.25, 0.3) is 0 Å². The minimum atomic E-state index is -0.391. The number of hydrogen-bond donors (Lipinski definition) is 2. The zero-order valence-corrected chi connectivity index (χ0v) is 11.2. The van der Waals surface area contributed by atoms with Crippen LogP contribution in [0, 0.1) is 0 Å². The predicted molar refractivity (Wildman–Crippen MR) is 76.6 cm³/mol. The summed E-state index contributed by atoms with van der Waals surface area (Å²) in [5, 5.41) is 10.2. The van der Waals surface area contributed by atoms with Gasteiger partial charge in [0.1, 0.15) is 11.6 Å². The molecule has 2 heterocycles. The zero-order chi connectivity index (χ0) is 13.9. The number of nitrogens with two attached hydrogens (primary N) is 1. The molecular weight excluding hydrogens is 252 g/mol. The molecule has 0 aliphatic carbocycles. The largest absolute Gasteiger partial charge is 0.388 e. The first-order valence-electron chi connectivity index (χ1n) is 6.78. The molecule has 0 amide bonds. The molecule has 1 unspecified atom stereocenters. The van der Waals surface area contributed by atoms with Crippen molar-refractivity contribution in [1.82, 2.24) is 14.9 Å². The van der Waals surface area contributed by atoms with Crippen molar-refractivity contribution in [2.75, 3.05) is 12.3 Å². The molecule has 0 saturated heterocycles. The molecule has 1 aromatic carbocycles. The summed E-state index contributed by atoms with van der Waals surface area (Å²) >= 11 is 0. The van der Waals surface area contributed by atoms with Crippen LogP contribution >= 0.6 is 0 Å². The molecular formula is C15H18N4O.